The van der Waals surface area contributed by atoms with Gasteiger partial charge in [-0.25, -0.2) is 8.42 Å². The number of carbonyl (C=O) groups excluding carboxylic acids is 1. The smallest absolute Gasteiger partial charge is 0.249 e. The number of ether oxygens (including phenoxy) is 2. The monoisotopic (exact) mass is 444 g/mol. The first-order chi connectivity index (χ1) is 14.4. The van der Waals surface area contributed by atoms with Gasteiger partial charge in [-0.3, -0.25) is 4.79 Å². The average molecular weight is 445 g/mol. The molecule has 156 valence electrons. The fraction of sp³-hybridized carbons (Fsp3) is 0.238. The first-order valence-corrected chi connectivity index (χ1v) is 11.4. The van der Waals surface area contributed by atoms with Crippen LogP contribution < -0.4 is 14.3 Å². The van der Waals surface area contributed by atoms with Crippen molar-refractivity contribution >= 4 is 37.3 Å². The van der Waals surface area contributed by atoms with Gasteiger partial charge in [0.25, 0.3) is 0 Å². The summed E-state index contributed by atoms with van der Waals surface area (Å²) >= 11 is 1.27. The number of hydrogen-bond donors (Lipinski definition) is 0. The molecule has 0 saturated carbocycles. The van der Waals surface area contributed by atoms with Crippen molar-refractivity contribution in [1.82, 2.24) is 4.57 Å². The number of methoxy groups -OCH3 is 2. The number of rotatable bonds is 7. The van der Waals surface area contributed by atoms with Gasteiger partial charge in [-0.2, -0.15) is 4.99 Å². The second-order valence-corrected chi connectivity index (χ2v) is 9.36. The number of amides is 1. The summed E-state index contributed by atoms with van der Waals surface area (Å²) in [5.74, 6) is 2.77. The number of terminal acetylenes is 1. The maximum absolute atomic E-state index is 12.4. The third kappa shape index (κ3) is 4.56. The summed E-state index contributed by atoms with van der Waals surface area (Å²) in [4.78, 5) is 17.1. The predicted octanol–water partition coefficient (Wildman–Crippen LogP) is 2.64. The minimum atomic E-state index is -3.56. The third-order valence-electron chi connectivity index (χ3n) is 4.34. The lowest BCUT2D eigenvalue weighted by Crippen LogP contribution is -2.18. The first-order valence-electron chi connectivity index (χ1n) is 8.94. The SMILES string of the molecule is C#CCn1c(=NC(=O)CCS(=O)(=O)c2ccccc2)sc2cc(OC)c(OC)cc21. The van der Waals surface area contributed by atoms with Crippen LogP contribution in [0.1, 0.15) is 6.42 Å². The van der Waals surface area contributed by atoms with Crippen LogP contribution in [-0.2, 0) is 21.2 Å². The Balaban J connectivity index is 1.94. The van der Waals surface area contributed by atoms with Crippen LogP contribution in [0.2, 0.25) is 0 Å². The van der Waals surface area contributed by atoms with Crippen LogP contribution in [-0.4, -0.2) is 38.9 Å². The zero-order valence-electron chi connectivity index (χ0n) is 16.5. The summed E-state index contributed by atoms with van der Waals surface area (Å²) in [5, 5.41) is 0. The molecular formula is C21H20N2O5S2. The Morgan fingerprint density at radius 2 is 1.83 bits per heavy atom. The van der Waals surface area contributed by atoms with Crippen molar-refractivity contribution in [3.05, 3.63) is 47.3 Å². The molecular weight excluding hydrogens is 424 g/mol. The van der Waals surface area contributed by atoms with Crippen LogP contribution in [0.5, 0.6) is 11.5 Å². The van der Waals surface area contributed by atoms with E-state index in [1.807, 2.05) is 0 Å². The highest BCUT2D eigenvalue weighted by molar-refractivity contribution is 7.91. The molecule has 0 aliphatic rings. The fourth-order valence-corrected chi connectivity index (χ4v) is 5.16. The summed E-state index contributed by atoms with van der Waals surface area (Å²) in [7, 11) is -0.492. The summed E-state index contributed by atoms with van der Waals surface area (Å²) in [6.07, 6.45) is 5.26. The Hall–Kier alpha value is -3.09. The van der Waals surface area contributed by atoms with Gasteiger partial charge in [-0.05, 0) is 12.1 Å². The Morgan fingerprint density at radius 3 is 2.47 bits per heavy atom. The summed E-state index contributed by atoms with van der Waals surface area (Å²) < 4.78 is 38.0. The summed E-state index contributed by atoms with van der Waals surface area (Å²) in [5.41, 5.74) is 0.749. The number of hydrogen-bond acceptors (Lipinski definition) is 6. The number of thiazole rings is 1. The third-order valence-corrected chi connectivity index (χ3v) is 7.12. The van der Waals surface area contributed by atoms with E-state index in [1.54, 1.807) is 34.9 Å². The second kappa shape index (κ2) is 9.15. The van der Waals surface area contributed by atoms with Crippen LogP contribution in [0.3, 0.4) is 0 Å². The van der Waals surface area contributed by atoms with Gasteiger partial charge in [0.1, 0.15) is 0 Å². The average Bonchev–Trinajstić information content (AvgIpc) is 3.08. The largest absolute Gasteiger partial charge is 0.493 e. The molecule has 1 amide bonds. The van der Waals surface area contributed by atoms with E-state index in [0.29, 0.717) is 16.3 Å². The zero-order valence-corrected chi connectivity index (χ0v) is 18.1. The van der Waals surface area contributed by atoms with E-state index in [9.17, 15) is 13.2 Å². The van der Waals surface area contributed by atoms with Gasteiger partial charge in [0.05, 0.1) is 41.6 Å². The maximum atomic E-state index is 12.4. The highest BCUT2D eigenvalue weighted by atomic mass is 32.2. The lowest BCUT2D eigenvalue weighted by Gasteiger charge is -2.08. The highest BCUT2D eigenvalue weighted by Gasteiger charge is 2.17. The van der Waals surface area contributed by atoms with E-state index < -0.39 is 15.7 Å². The molecule has 30 heavy (non-hydrogen) atoms. The van der Waals surface area contributed by atoms with Gasteiger partial charge in [0.15, 0.2) is 26.1 Å². The summed E-state index contributed by atoms with van der Waals surface area (Å²) in [6, 6.07) is 11.6. The van der Waals surface area contributed by atoms with Gasteiger partial charge in [-0.15, -0.1) is 6.42 Å². The molecule has 0 unspecified atom stereocenters. The Kier molecular flexibility index (Phi) is 6.59. The van der Waals surface area contributed by atoms with Crippen molar-refractivity contribution < 1.29 is 22.7 Å². The molecule has 3 rings (SSSR count). The van der Waals surface area contributed by atoms with Gasteiger partial charge in [-0.1, -0.05) is 35.5 Å². The Morgan fingerprint density at radius 1 is 1.17 bits per heavy atom. The molecule has 1 heterocycles. The standard InChI is InChI=1S/C21H20N2O5S2/c1-4-11-23-16-13-17(27-2)18(28-3)14-19(16)29-21(23)22-20(24)10-12-30(25,26)15-8-6-5-7-9-15/h1,5-9,13-14H,10-12H2,2-3H3. The van der Waals surface area contributed by atoms with E-state index in [2.05, 4.69) is 10.9 Å². The molecule has 1 aromatic heterocycles. The van der Waals surface area contributed by atoms with E-state index in [1.165, 1.54) is 37.7 Å². The van der Waals surface area contributed by atoms with E-state index in [0.717, 1.165) is 10.2 Å². The molecule has 2 aromatic carbocycles. The highest BCUT2D eigenvalue weighted by Crippen LogP contribution is 2.33. The zero-order chi connectivity index (χ0) is 21.7. The fourth-order valence-electron chi connectivity index (χ4n) is 2.86. The molecule has 9 heteroatoms. The first kappa shape index (κ1) is 21.6. The van der Waals surface area contributed by atoms with Gasteiger partial charge in [0.2, 0.25) is 5.91 Å². The quantitative estimate of drug-likeness (QED) is 0.523. The van der Waals surface area contributed by atoms with Crippen molar-refractivity contribution in [1.29, 1.82) is 0 Å². The number of fused-ring (bicyclic) bond motifs is 1. The molecule has 3 aromatic rings. The van der Waals surface area contributed by atoms with Crippen molar-refractivity contribution in [3.63, 3.8) is 0 Å². The van der Waals surface area contributed by atoms with Crippen LogP contribution in [0, 0.1) is 12.3 Å². The van der Waals surface area contributed by atoms with Crippen molar-refractivity contribution in [2.24, 2.45) is 4.99 Å². The number of benzene rings is 2. The van der Waals surface area contributed by atoms with Crippen LogP contribution in [0.25, 0.3) is 10.2 Å². The molecule has 0 saturated heterocycles. The van der Waals surface area contributed by atoms with Gasteiger partial charge < -0.3 is 14.0 Å². The Labute approximate surface area is 178 Å². The van der Waals surface area contributed by atoms with Crippen LogP contribution >= 0.6 is 11.3 Å². The van der Waals surface area contributed by atoms with Gasteiger partial charge >= 0.3 is 0 Å². The lowest BCUT2D eigenvalue weighted by molar-refractivity contribution is -0.117. The van der Waals surface area contributed by atoms with Crippen molar-refractivity contribution in [3.8, 4) is 23.8 Å². The molecule has 0 aliphatic carbocycles. The minimum Gasteiger partial charge on any atom is -0.493 e. The molecule has 0 spiro atoms. The molecule has 7 nitrogen and oxygen atoms in total. The van der Waals surface area contributed by atoms with E-state index >= 15 is 0 Å². The Bertz CT molecular complexity index is 1280. The molecule has 0 atom stereocenters. The number of carbonyl (C=O) groups is 1. The molecule has 0 fully saturated rings. The number of sulfone groups is 1. The number of nitrogens with zero attached hydrogens (tertiary/aromatic N) is 2. The van der Waals surface area contributed by atoms with Crippen molar-refractivity contribution in [2.75, 3.05) is 20.0 Å². The lowest BCUT2D eigenvalue weighted by atomic mass is 10.3. The molecule has 0 N–H and O–H groups in total. The molecule has 0 bridgehead atoms. The van der Waals surface area contributed by atoms with Crippen molar-refractivity contribution in [2.45, 2.75) is 17.9 Å². The van der Waals surface area contributed by atoms with Gasteiger partial charge in [0, 0.05) is 18.6 Å². The number of aromatic nitrogens is 1. The van der Waals surface area contributed by atoms with E-state index in [-0.39, 0.29) is 23.6 Å². The maximum Gasteiger partial charge on any atom is 0.249 e. The predicted molar refractivity (Wildman–Crippen MR) is 115 cm³/mol. The topological polar surface area (TPSA) is 87.0 Å². The van der Waals surface area contributed by atoms with E-state index in [4.69, 9.17) is 15.9 Å². The normalized spacial score (nSPS) is 12.0. The molecule has 0 radical (unpaired) electrons. The second-order valence-electron chi connectivity index (χ2n) is 6.24. The van der Waals surface area contributed by atoms with Crippen LogP contribution in [0.15, 0.2) is 52.4 Å². The van der Waals surface area contributed by atoms with Crippen LogP contribution in [0.4, 0.5) is 0 Å². The summed E-state index contributed by atoms with van der Waals surface area (Å²) in [6.45, 7) is 0.198. The minimum absolute atomic E-state index is 0.182. The molecule has 0 aliphatic heterocycles.